The van der Waals surface area contributed by atoms with Gasteiger partial charge in [-0.3, -0.25) is 9.59 Å². The van der Waals surface area contributed by atoms with Crippen molar-refractivity contribution in [3.8, 4) is 0 Å². The fraction of sp³-hybridized carbons (Fsp3) is 0.389. The van der Waals surface area contributed by atoms with Crippen molar-refractivity contribution in [2.75, 3.05) is 4.90 Å². The van der Waals surface area contributed by atoms with E-state index in [1.165, 1.54) is 17.0 Å². The first-order chi connectivity index (χ1) is 11.1. The van der Waals surface area contributed by atoms with Crippen molar-refractivity contribution in [1.82, 2.24) is 0 Å². The van der Waals surface area contributed by atoms with Crippen LogP contribution in [0.2, 0.25) is 0 Å². The quantitative estimate of drug-likeness (QED) is 0.669. The van der Waals surface area contributed by atoms with Gasteiger partial charge in [-0.2, -0.15) is 0 Å². The third kappa shape index (κ3) is 1.54. The minimum atomic E-state index is -1.06. The first-order valence-electron chi connectivity index (χ1n) is 7.97. The van der Waals surface area contributed by atoms with Crippen LogP contribution < -0.4 is 4.90 Å². The van der Waals surface area contributed by atoms with Crippen molar-refractivity contribution < 1.29 is 19.5 Å². The third-order valence-electron chi connectivity index (χ3n) is 6.01. The van der Waals surface area contributed by atoms with E-state index in [0.717, 1.165) is 6.42 Å². The van der Waals surface area contributed by atoms with Crippen LogP contribution in [0, 0.1) is 35.5 Å². The van der Waals surface area contributed by atoms with E-state index in [4.69, 9.17) is 5.11 Å². The molecule has 1 aromatic carbocycles. The maximum Gasteiger partial charge on any atom is 0.335 e. The summed E-state index contributed by atoms with van der Waals surface area (Å²) < 4.78 is 0. The van der Waals surface area contributed by atoms with E-state index in [0.29, 0.717) is 17.5 Å². The van der Waals surface area contributed by atoms with Crippen molar-refractivity contribution in [3.63, 3.8) is 0 Å². The first kappa shape index (κ1) is 13.0. The molecule has 1 N–H and O–H groups in total. The summed E-state index contributed by atoms with van der Waals surface area (Å²) in [5.74, 6) is -0.407. The van der Waals surface area contributed by atoms with Gasteiger partial charge in [0.25, 0.3) is 0 Å². The summed E-state index contributed by atoms with van der Waals surface area (Å²) in [7, 11) is 0. The Balaban J connectivity index is 1.57. The Bertz CT molecular complexity index is 762. The molecule has 116 valence electrons. The summed E-state index contributed by atoms with van der Waals surface area (Å²) in [6.45, 7) is 0. The highest BCUT2D eigenvalue weighted by molar-refractivity contribution is 6.22. The summed E-state index contributed by atoms with van der Waals surface area (Å²) in [5, 5.41) is 9.13. The standard InChI is InChI=1S/C18H15NO4/c20-16-14-10-4-5-11(13-7-12(10)13)15(14)17(21)19(16)9-3-1-2-8(6-9)18(22)23/h1-6,10-15H,7H2,(H,22,23)/t10-,11-,12-,13-,14-,15-/m1/s1. The summed E-state index contributed by atoms with van der Waals surface area (Å²) >= 11 is 0. The van der Waals surface area contributed by atoms with Crippen LogP contribution in [0.25, 0.3) is 0 Å². The number of carbonyl (C=O) groups is 3. The lowest BCUT2D eigenvalue weighted by Gasteiger charge is -2.37. The minimum absolute atomic E-state index is 0.0851. The Hall–Kier alpha value is -2.43. The van der Waals surface area contributed by atoms with Crippen LogP contribution in [0.1, 0.15) is 16.8 Å². The number of hydrogen-bond acceptors (Lipinski definition) is 3. The molecule has 6 rings (SSSR count). The lowest BCUT2D eigenvalue weighted by molar-refractivity contribution is -0.124. The van der Waals surface area contributed by atoms with Crippen molar-refractivity contribution in [2.24, 2.45) is 35.5 Å². The lowest BCUT2D eigenvalue weighted by atomic mass is 9.63. The smallest absolute Gasteiger partial charge is 0.335 e. The zero-order valence-electron chi connectivity index (χ0n) is 12.3. The molecule has 5 heteroatoms. The molecular weight excluding hydrogens is 294 g/mol. The molecule has 0 radical (unpaired) electrons. The monoisotopic (exact) mass is 309 g/mol. The van der Waals surface area contributed by atoms with Gasteiger partial charge < -0.3 is 5.11 Å². The van der Waals surface area contributed by atoms with E-state index < -0.39 is 5.97 Å². The molecule has 5 nitrogen and oxygen atoms in total. The van der Waals surface area contributed by atoms with Crippen molar-refractivity contribution in [2.45, 2.75) is 6.42 Å². The number of imide groups is 1. The van der Waals surface area contributed by atoms with Gasteiger partial charge in [0, 0.05) is 0 Å². The molecule has 5 aliphatic rings. The van der Waals surface area contributed by atoms with E-state index in [2.05, 4.69) is 12.2 Å². The molecule has 2 amide bonds. The topological polar surface area (TPSA) is 74.7 Å². The number of hydrogen-bond donors (Lipinski definition) is 1. The molecule has 23 heavy (non-hydrogen) atoms. The second kappa shape index (κ2) is 4.10. The van der Waals surface area contributed by atoms with Gasteiger partial charge in [-0.15, -0.1) is 0 Å². The number of carboxylic acid groups (broad SMARTS) is 1. The zero-order chi connectivity index (χ0) is 15.9. The number of benzene rings is 1. The molecule has 1 saturated heterocycles. The van der Waals surface area contributed by atoms with E-state index in [1.807, 2.05) is 0 Å². The third-order valence-corrected chi connectivity index (χ3v) is 6.01. The van der Waals surface area contributed by atoms with Gasteiger partial charge in [0.2, 0.25) is 11.8 Å². The number of carboxylic acids is 1. The maximum atomic E-state index is 12.9. The Kier molecular flexibility index (Phi) is 2.33. The molecule has 6 atom stereocenters. The Morgan fingerprint density at radius 2 is 1.65 bits per heavy atom. The highest BCUT2D eigenvalue weighted by Crippen LogP contribution is 2.65. The minimum Gasteiger partial charge on any atom is -0.478 e. The largest absolute Gasteiger partial charge is 0.478 e. The summed E-state index contributed by atoms with van der Waals surface area (Å²) in [4.78, 5) is 38.2. The molecule has 0 spiro atoms. The fourth-order valence-electron chi connectivity index (χ4n) is 4.99. The Morgan fingerprint density at radius 3 is 2.22 bits per heavy atom. The van der Waals surface area contributed by atoms with Crippen molar-refractivity contribution in [3.05, 3.63) is 42.0 Å². The number of anilines is 1. The van der Waals surface area contributed by atoms with Gasteiger partial charge in [0.05, 0.1) is 23.1 Å². The Morgan fingerprint density at radius 1 is 1.04 bits per heavy atom. The molecule has 2 bridgehead atoms. The number of rotatable bonds is 2. The first-order valence-corrected chi connectivity index (χ1v) is 7.97. The molecular formula is C18H15NO4. The predicted molar refractivity (Wildman–Crippen MR) is 80.6 cm³/mol. The van der Waals surface area contributed by atoms with Crippen LogP contribution in [0.4, 0.5) is 5.69 Å². The molecule has 1 aromatic rings. The molecule has 0 aromatic heterocycles. The number of aromatic carboxylic acids is 1. The van der Waals surface area contributed by atoms with Gasteiger partial charge in [-0.05, 0) is 48.3 Å². The molecule has 1 aliphatic heterocycles. The van der Waals surface area contributed by atoms with E-state index in [1.54, 1.807) is 12.1 Å². The van der Waals surface area contributed by atoms with Gasteiger partial charge in [0.15, 0.2) is 0 Å². The SMILES string of the molecule is O=C(O)c1cccc(N2C(=O)[C@@H]3[C@@H]4C=C[C@H]([C@H]5C[C@H]45)[C@H]3C2=O)c1. The van der Waals surface area contributed by atoms with Crippen LogP contribution in [-0.2, 0) is 9.59 Å². The Labute approximate surface area is 132 Å². The normalized spacial score (nSPS) is 39.4. The molecule has 2 saturated carbocycles. The zero-order valence-corrected chi connectivity index (χ0v) is 12.3. The number of nitrogens with zero attached hydrogens (tertiary/aromatic N) is 1. The van der Waals surface area contributed by atoms with E-state index in [-0.39, 0.29) is 41.0 Å². The highest BCUT2D eigenvalue weighted by atomic mass is 16.4. The second-order valence-corrected chi connectivity index (χ2v) is 7.02. The van der Waals surface area contributed by atoms with Crippen molar-refractivity contribution >= 4 is 23.5 Å². The highest BCUT2D eigenvalue weighted by Gasteiger charge is 2.67. The maximum absolute atomic E-state index is 12.9. The van der Waals surface area contributed by atoms with E-state index in [9.17, 15) is 14.4 Å². The summed E-state index contributed by atoms with van der Waals surface area (Å²) in [5.41, 5.74) is 0.462. The van der Waals surface area contributed by atoms with Gasteiger partial charge in [0.1, 0.15) is 0 Å². The van der Waals surface area contributed by atoms with Crippen molar-refractivity contribution in [1.29, 1.82) is 0 Å². The molecule has 3 fully saturated rings. The van der Waals surface area contributed by atoms with Gasteiger partial charge >= 0.3 is 5.97 Å². The molecule has 4 aliphatic carbocycles. The number of allylic oxidation sites excluding steroid dienone is 2. The predicted octanol–water partition coefficient (Wildman–Crippen LogP) is 1.94. The van der Waals surface area contributed by atoms with Crippen LogP contribution in [0.15, 0.2) is 36.4 Å². The van der Waals surface area contributed by atoms with E-state index >= 15 is 0 Å². The number of amides is 2. The molecule has 1 heterocycles. The fourth-order valence-corrected chi connectivity index (χ4v) is 4.99. The van der Waals surface area contributed by atoms with Gasteiger partial charge in [-0.1, -0.05) is 18.2 Å². The van der Waals surface area contributed by atoms with Crippen LogP contribution in [0.5, 0.6) is 0 Å². The molecule has 0 unspecified atom stereocenters. The van der Waals surface area contributed by atoms with Crippen LogP contribution in [0.3, 0.4) is 0 Å². The summed E-state index contributed by atoms with van der Waals surface area (Å²) in [6.07, 6.45) is 5.38. The average molecular weight is 309 g/mol. The summed E-state index contributed by atoms with van der Waals surface area (Å²) in [6, 6.07) is 6.08. The average Bonchev–Trinajstić information content (AvgIpc) is 3.32. The van der Waals surface area contributed by atoms with Gasteiger partial charge in [-0.25, -0.2) is 9.69 Å². The number of carbonyl (C=O) groups excluding carboxylic acids is 2. The van der Waals surface area contributed by atoms with Crippen LogP contribution in [-0.4, -0.2) is 22.9 Å². The van der Waals surface area contributed by atoms with Crippen LogP contribution >= 0.6 is 0 Å². The lowest BCUT2D eigenvalue weighted by Crippen LogP contribution is -2.40. The second-order valence-electron chi connectivity index (χ2n) is 7.02.